The summed E-state index contributed by atoms with van der Waals surface area (Å²) in [7, 11) is 0. The van der Waals surface area contributed by atoms with E-state index >= 15 is 0 Å². The molecular formula is C16H22N2O3. The Morgan fingerprint density at radius 3 is 2.57 bits per heavy atom. The van der Waals surface area contributed by atoms with E-state index in [4.69, 9.17) is 9.15 Å². The summed E-state index contributed by atoms with van der Waals surface area (Å²) in [6, 6.07) is 3.84. The summed E-state index contributed by atoms with van der Waals surface area (Å²) in [5, 5.41) is 0. The van der Waals surface area contributed by atoms with Gasteiger partial charge in [0.25, 0.3) is 0 Å². The van der Waals surface area contributed by atoms with Gasteiger partial charge in [0.05, 0.1) is 6.54 Å². The van der Waals surface area contributed by atoms with Gasteiger partial charge in [-0.05, 0) is 32.0 Å². The van der Waals surface area contributed by atoms with E-state index in [1.807, 2.05) is 12.1 Å². The zero-order chi connectivity index (χ0) is 14.6. The quantitative estimate of drug-likeness (QED) is 0.840. The molecule has 0 unspecified atom stereocenters. The molecule has 1 amide bonds. The van der Waals surface area contributed by atoms with Crippen molar-refractivity contribution >= 4 is 12.0 Å². The number of nitrogens with zero attached hydrogens (tertiary/aromatic N) is 2. The maximum absolute atomic E-state index is 12.3. The lowest BCUT2D eigenvalue weighted by Gasteiger charge is -2.49. The van der Waals surface area contributed by atoms with Gasteiger partial charge in [-0.2, -0.15) is 0 Å². The molecule has 2 bridgehead atoms. The van der Waals surface area contributed by atoms with E-state index in [2.05, 4.69) is 18.7 Å². The average Bonchev–Trinajstić information content (AvgIpc) is 3.05. The number of piperidine rings is 3. The highest BCUT2D eigenvalue weighted by Gasteiger charge is 2.56. The van der Waals surface area contributed by atoms with Crippen molar-refractivity contribution in [1.82, 2.24) is 4.90 Å². The molecule has 1 atom stereocenters. The molecule has 5 heteroatoms. The van der Waals surface area contributed by atoms with Crippen LogP contribution in [0.3, 0.4) is 0 Å². The summed E-state index contributed by atoms with van der Waals surface area (Å²) in [5.74, 6) is 2.35. The molecule has 0 radical (unpaired) electrons. The highest BCUT2D eigenvalue weighted by atomic mass is 16.6. The van der Waals surface area contributed by atoms with Crippen molar-refractivity contribution in [2.24, 2.45) is 5.92 Å². The van der Waals surface area contributed by atoms with Gasteiger partial charge < -0.3 is 9.15 Å². The van der Waals surface area contributed by atoms with E-state index in [0.717, 1.165) is 38.2 Å². The van der Waals surface area contributed by atoms with Gasteiger partial charge in [0, 0.05) is 24.4 Å². The number of ether oxygens (including phenoxy) is 1. The molecule has 4 aliphatic heterocycles. The molecule has 5 rings (SSSR count). The lowest BCUT2D eigenvalue weighted by molar-refractivity contribution is -0.0881. The van der Waals surface area contributed by atoms with Gasteiger partial charge in [-0.25, -0.2) is 9.69 Å². The molecule has 4 saturated heterocycles. The Kier molecular flexibility index (Phi) is 2.83. The first-order valence-corrected chi connectivity index (χ1v) is 7.90. The number of fused-ring (bicyclic) bond motifs is 2. The molecule has 1 aromatic heterocycles. The van der Waals surface area contributed by atoms with Gasteiger partial charge in [-0.15, -0.1) is 0 Å². The van der Waals surface area contributed by atoms with Crippen LogP contribution in [0.5, 0.6) is 0 Å². The molecule has 1 spiro atoms. The van der Waals surface area contributed by atoms with Crippen molar-refractivity contribution in [3.05, 3.63) is 17.9 Å². The Hall–Kier alpha value is -1.49. The number of furan rings is 1. The predicted molar refractivity (Wildman–Crippen MR) is 78.5 cm³/mol. The third-order valence-electron chi connectivity index (χ3n) is 5.21. The first-order valence-electron chi connectivity index (χ1n) is 7.90. The first-order chi connectivity index (χ1) is 10.1. The number of amides is 1. The van der Waals surface area contributed by atoms with Gasteiger partial charge in [0.2, 0.25) is 5.88 Å². The van der Waals surface area contributed by atoms with Crippen LogP contribution >= 0.6 is 0 Å². The zero-order valence-corrected chi connectivity index (χ0v) is 12.7. The fraction of sp³-hybridized carbons (Fsp3) is 0.688. The average molecular weight is 290 g/mol. The van der Waals surface area contributed by atoms with Gasteiger partial charge in [-0.1, -0.05) is 13.8 Å². The number of carbonyl (C=O) groups excluding carboxylic acids is 1. The van der Waals surface area contributed by atoms with Crippen LogP contribution < -0.4 is 4.90 Å². The smallest absolute Gasteiger partial charge is 0.417 e. The SMILES string of the molecule is CC(C)c1ccc(N2C[C@@]3(CN4CCC3CC4)OC2=O)o1. The second kappa shape index (κ2) is 4.50. The van der Waals surface area contributed by atoms with Crippen molar-refractivity contribution < 1.29 is 13.9 Å². The molecule has 114 valence electrons. The fourth-order valence-electron chi connectivity index (χ4n) is 3.98. The van der Waals surface area contributed by atoms with E-state index in [-0.39, 0.29) is 11.7 Å². The van der Waals surface area contributed by atoms with Crippen LogP contribution in [0.1, 0.15) is 38.4 Å². The molecule has 0 aliphatic carbocycles. The van der Waals surface area contributed by atoms with Crippen LogP contribution in [0, 0.1) is 5.92 Å². The third kappa shape index (κ3) is 1.98. The molecule has 5 heterocycles. The van der Waals surface area contributed by atoms with Crippen LogP contribution in [-0.4, -0.2) is 42.8 Å². The minimum Gasteiger partial charge on any atom is -0.445 e. The van der Waals surface area contributed by atoms with E-state index in [1.54, 1.807) is 4.90 Å². The van der Waals surface area contributed by atoms with Crippen molar-refractivity contribution in [2.75, 3.05) is 31.1 Å². The molecule has 4 fully saturated rings. The van der Waals surface area contributed by atoms with E-state index in [1.165, 1.54) is 0 Å². The van der Waals surface area contributed by atoms with Crippen molar-refractivity contribution in [3.8, 4) is 0 Å². The largest absolute Gasteiger partial charge is 0.445 e. The second-order valence-corrected chi connectivity index (χ2v) is 6.90. The van der Waals surface area contributed by atoms with Gasteiger partial charge in [0.1, 0.15) is 11.4 Å². The number of anilines is 1. The Balaban J connectivity index is 1.59. The Bertz CT molecular complexity index is 560. The monoisotopic (exact) mass is 290 g/mol. The topological polar surface area (TPSA) is 45.9 Å². The van der Waals surface area contributed by atoms with Crippen LogP contribution in [-0.2, 0) is 4.74 Å². The number of hydrogen-bond donors (Lipinski definition) is 0. The summed E-state index contributed by atoms with van der Waals surface area (Å²) in [6.07, 6.45) is 2.01. The number of hydrogen-bond acceptors (Lipinski definition) is 4. The van der Waals surface area contributed by atoms with E-state index < -0.39 is 0 Å². The van der Waals surface area contributed by atoms with Crippen LogP contribution in [0.2, 0.25) is 0 Å². The summed E-state index contributed by atoms with van der Waals surface area (Å²) >= 11 is 0. The summed E-state index contributed by atoms with van der Waals surface area (Å²) < 4.78 is 11.7. The minimum absolute atomic E-state index is 0.256. The fourth-order valence-corrected chi connectivity index (χ4v) is 3.98. The van der Waals surface area contributed by atoms with E-state index in [9.17, 15) is 4.79 Å². The minimum atomic E-state index is -0.321. The second-order valence-electron chi connectivity index (χ2n) is 6.90. The summed E-state index contributed by atoms with van der Waals surface area (Å²) in [6.45, 7) is 7.94. The van der Waals surface area contributed by atoms with Gasteiger partial charge in [0.15, 0.2) is 0 Å². The highest BCUT2D eigenvalue weighted by Crippen LogP contribution is 2.43. The van der Waals surface area contributed by atoms with Gasteiger partial charge >= 0.3 is 6.09 Å². The molecule has 0 aromatic carbocycles. The lowest BCUT2D eigenvalue weighted by Crippen LogP contribution is -2.61. The standard InChI is InChI=1S/C16H22N2O3/c1-11(2)13-3-4-14(20-13)18-10-16(21-15(18)19)9-17-7-5-12(16)6-8-17/h3-4,11-12H,5-10H2,1-2H3/t16-/m1/s1. The molecular weight excluding hydrogens is 268 g/mol. The number of carbonyl (C=O) groups is 1. The van der Waals surface area contributed by atoms with Crippen LogP contribution in [0.15, 0.2) is 16.5 Å². The molecule has 21 heavy (non-hydrogen) atoms. The number of rotatable bonds is 2. The molecule has 4 aliphatic rings. The molecule has 0 N–H and O–H groups in total. The summed E-state index contributed by atoms with van der Waals surface area (Å²) in [5.41, 5.74) is -0.321. The summed E-state index contributed by atoms with van der Waals surface area (Å²) in [4.78, 5) is 16.4. The Morgan fingerprint density at radius 1 is 1.24 bits per heavy atom. The van der Waals surface area contributed by atoms with Crippen LogP contribution in [0.4, 0.5) is 10.7 Å². The first kappa shape index (κ1) is 13.2. The van der Waals surface area contributed by atoms with E-state index in [0.29, 0.717) is 24.3 Å². The lowest BCUT2D eigenvalue weighted by atomic mass is 9.75. The highest BCUT2D eigenvalue weighted by molar-refractivity contribution is 5.88. The van der Waals surface area contributed by atoms with Crippen LogP contribution in [0.25, 0.3) is 0 Å². The zero-order valence-electron chi connectivity index (χ0n) is 12.7. The third-order valence-corrected chi connectivity index (χ3v) is 5.21. The van der Waals surface area contributed by atoms with Crippen molar-refractivity contribution in [1.29, 1.82) is 0 Å². The maximum Gasteiger partial charge on any atom is 0.417 e. The molecule has 0 saturated carbocycles. The molecule has 5 nitrogen and oxygen atoms in total. The van der Waals surface area contributed by atoms with Gasteiger partial charge in [-0.3, -0.25) is 4.90 Å². The Morgan fingerprint density at radius 2 is 2.00 bits per heavy atom. The molecule has 1 aromatic rings. The maximum atomic E-state index is 12.3. The van der Waals surface area contributed by atoms with Crippen molar-refractivity contribution in [3.63, 3.8) is 0 Å². The Labute approximate surface area is 124 Å². The predicted octanol–water partition coefficient (Wildman–Crippen LogP) is 2.82. The van der Waals surface area contributed by atoms with Crippen molar-refractivity contribution in [2.45, 2.75) is 38.2 Å². The normalized spacial score (nSPS) is 35.0.